The summed E-state index contributed by atoms with van der Waals surface area (Å²) in [4.78, 5) is 18.3. The number of ether oxygens (including phenoxy) is 3. The number of nitrogens with zero attached hydrogens (tertiary/aromatic N) is 2. The first-order valence-electron chi connectivity index (χ1n) is 16.2. The van der Waals surface area contributed by atoms with E-state index in [4.69, 9.17) is 14.2 Å². The van der Waals surface area contributed by atoms with Crippen LogP contribution in [0.25, 0.3) is 0 Å². The zero-order valence-electron chi connectivity index (χ0n) is 28.1. The average molecular weight is 668 g/mol. The minimum Gasteiger partial charge on any atom is -0.497 e. The van der Waals surface area contributed by atoms with Crippen molar-refractivity contribution in [1.82, 2.24) is 9.80 Å². The number of carbonyl (C=O) groups excluding carboxylic acids is 1. The number of anilines is 1. The fourth-order valence-corrected chi connectivity index (χ4v) is 6.73. The minimum atomic E-state index is -3.96. The van der Waals surface area contributed by atoms with Gasteiger partial charge in [-0.2, -0.15) is 0 Å². The predicted molar refractivity (Wildman–Crippen MR) is 183 cm³/mol. The number of benzene rings is 3. The highest BCUT2D eigenvalue weighted by Gasteiger charge is 2.30. The zero-order chi connectivity index (χ0) is 34.0. The van der Waals surface area contributed by atoms with E-state index in [9.17, 15) is 18.3 Å². The number of rotatable bonds is 10. The van der Waals surface area contributed by atoms with Gasteiger partial charge in [0.05, 0.1) is 42.4 Å². The molecule has 0 unspecified atom stereocenters. The van der Waals surface area contributed by atoms with Crippen molar-refractivity contribution in [2.45, 2.75) is 69.7 Å². The summed E-state index contributed by atoms with van der Waals surface area (Å²) >= 11 is 0. The fourth-order valence-electron chi connectivity index (χ4n) is 5.68. The van der Waals surface area contributed by atoms with Crippen LogP contribution in [0.3, 0.4) is 0 Å². The Hall–Kier alpha value is -3.64. The number of sulfonamides is 1. The van der Waals surface area contributed by atoms with Crippen LogP contribution in [0.15, 0.2) is 77.7 Å². The van der Waals surface area contributed by atoms with Gasteiger partial charge in [0.15, 0.2) is 0 Å². The number of fused-ring (bicyclic) bond motifs is 1. The third-order valence-corrected chi connectivity index (χ3v) is 9.86. The van der Waals surface area contributed by atoms with E-state index >= 15 is 0 Å². The van der Waals surface area contributed by atoms with Crippen LogP contribution in [0.4, 0.5) is 5.69 Å². The molecule has 0 aliphatic carbocycles. The Balaban J connectivity index is 1.64. The molecule has 0 spiro atoms. The molecule has 3 aromatic rings. The second-order valence-electron chi connectivity index (χ2n) is 12.5. The number of nitrogens with one attached hydrogen (secondary N) is 1. The van der Waals surface area contributed by atoms with Crippen molar-refractivity contribution in [3.63, 3.8) is 0 Å². The third kappa shape index (κ3) is 10.2. The molecule has 1 aliphatic rings. The van der Waals surface area contributed by atoms with Crippen molar-refractivity contribution in [3.8, 4) is 11.5 Å². The van der Waals surface area contributed by atoms with Gasteiger partial charge in [0.1, 0.15) is 11.5 Å². The molecule has 0 radical (unpaired) electrons. The van der Waals surface area contributed by atoms with Crippen molar-refractivity contribution < 1.29 is 32.5 Å². The Kier molecular flexibility index (Phi) is 13.1. The Bertz CT molecular complexity index is 1540. The fraction of sp³-hybridized carbons (Fsp3) is 0.472. The molecule has 4 atom stereocenters. The zero-order valence-corrected chi connectivity index (χ0v) is 28.9. The summed E-state index contributed by atoms with van der Waals surface area (Å²) in [6, 6.07) is 20.6. The predicted octanol–water partition coefficient (Wildman–Crippen LogP) is 5.42. The maximum Gasteiger partial charge on any atom is 0.261 e. The molecule has 2 N–H and O–H groups in total. The Morgan fingerprint density at radius 2 is 1.79 bits per heavy atom. The largest absolute Gasteiger partial charge is 0.497 e. The van der Waals surface area contributed by atoms with Gasteiger partial charge in [-0.3, -0.25) is 14.4 Å². The molecule has 3 aromatic carbocycles. The Labute approximate surface area is 279 Å². The molecular weight excluding hydrogens is 618 g/mol. The Morgan fingerprint density at radius 1 is 1.06 bits per heavy atom. The molecule has 0 saturated heterocycles. The number of likely N-dealkylation sites (N-methyl/N-ethyl adjacent to an activating group) is 1. The van der Waals surface area contributed by atoms with Gasteiger partial charge in [0.2, 0.25) is 0 Å². The van der Waals surface area contributed by atoms with E-state index in [1.807, 2.05) is 25.1 Å². The lowest BCUT2D eigenvalue weighted by Gasteiger charge is -2.36. The number of hydrogen-bond acceptors (Lipinski definition) is 8. The summed E-state index contributed by atoms with van der Waals surface area (Å²) in [6.07, 6.45) is 2.16. The SMILES string of the molecule is COc1ccc(S(=O)(=O)Nc2ccc3c(c2)C(=O)N([C@@H](C)CO)C[C@@H](C)[C@@H](CN(C)Cc2ccccc2)OCCCC[C@@H](C)O3)cc1. The van der Waals surface area contributed by atoms with E-state index in [-0.39, 0.29) is 46.8 Å². The number of hydrogen-bond donors (Lipinski definition) is 2. The van der Waals surface area contributed by atoms with Crippen LogP contribution >= 0.6 is 0 Å². The maximum absolute atomic E-state index is 14.4. The van der Waals surface area contributed by atoms with Crippen molar-refractivity contribution in [2.24, 2.45) is 5.92 Å². The van der Waals surface area contributed by atoms with Crippen molar-refractivity contribution >= 4 is 21.6 Å². The van der Waals surface area contributed by atoms with Crippen LogP contribution in [-0.2, 0) is 21.3 Å². The van der Waals surface area contributed by atoms with Crippen LogP contribution in [0.5, 0.6) is 11.5 Å². The van der Waals surface area contributed by atoms with Gasteiger partial charge < -0.3 is 24.2 Å². The summed E-state index contributed by atoms with van der Waals surface area (Å²) in [6.45, 7) is 7.92. The number of amides is 1. The second-order valence-corrected chi connectivity index (χ2v) is 14.2. The molecule has 1 heterocycles. The van der Waals surface area contributed by atoms with E-state index in [1.54, 1.807) is 36.1 Å². The maximum atomic E-state index is 14.4. The Morgan fingerprint density at radius 3 is 2.47 bits per heavy atom. The summed E-state index contributed by atoms with van der Waals surface area (Å²) < 4.78 is 47.0. The lowest BCUT2D eigenvalue weighted by atomic mass is 10.0. The van der Waals surface area contributed by atoms with Crippen LogP contribution in [-0.4, -0.2) is 87.9 Å². The number of methoxy groups -OCH3 is 1. The van der Waals surface area contributed by atoms with Gasteiger partial charge in [-0.15, -0.1) is 0 Å². The van der Waals surface area contributed by atoms with Crippen LogP contribution < -0.4 is 14.2 Å². The molecule has 0 saturated carbocycles. The molecule has 11 heteroatoms. The molecular formula is C36H49N3O7S. The number of aliphatic hydroxyl groups is 1. The van der Waals surface area contributed by atoms with Gasteiger partial charge in [-0.25, -0.2) is 8.42 Å². The normalized spacial score (nSPS) is 20.5. The average Bonchev–Trinajstić information content (AvgIpc) is 3.06. The quantitative estimate of drug-likeness (QED) is 0.294. The van der Waals surface area contributed by atoms with E-state index < -0.39 is 16.1 Å². The van der Waals surface area contributed by atoms with Crippen molar-refractivity contribution in [1.29, 1.82) is 0 Å². The van der Waals surface area contributed by atoms with Gasteiger partial charge in [0, 0.05) is 37.8 Å². The lowest BCUT2D eigenvalue weighted by Crippen LogP contribution is -2.47. The number of aliphatic hydroxyl groups excluding tert-OH is 1. The highest BCUT2D eigenvalue weighted by atomic mass is 32.2. The monoisotopic (exact) mass is 667 g/mol. The van der Waals surface area contributed by atoms with Gasteiger partial charge in [-0.05, 0) is 88.2 Å². The molecule has 47 heavy (non-hydrogen) atoms. The van der Waals surface area contributed by atoms with Crippen molar-refractivity contribution in [3.05, 3.63) is 83.9 Å². The highest BCUT2D eigenvalue weighted by molar-refractivity contribution is 7.92. The first kappa shape index (κ1) is 36.2. The highest BCUT2D eigenvalue weighted by Crippen LogP contribution is 2.30. The first-order chi connectivity index (χ1) is 22.5. The van der Waals surface area contributed by atoms with Crippen molar-refractivity contribution in [2.75, 3.05) is 45.2 Å². The summed E-state index contributed by atoms with van der Waals surface area (Å²) in [5, 5.41) is 10.2. The molecule has 1 aliphatic heterocycles. The first-order valence-corrected chi connectivity index (χ1v) is 17.7. The summed E-state index contributed by atoms with van der Waals surface area (Å²) in [5.74, 6) is 0.466. The van der Waals surface area contributed by atoms with E-state index in [2.05, 4.69) is 35.7 Å². The van der Waals surface area contributed by atoms with E-state index in [0.717, 1.165) is 25.8 Å². The van der Waals surface area contributed by atoms with Crippen LogP contribution in [0.2, 0.25) is 0 Å². The topological polar surface area (TPSA) is 118 Å². The van der Waals surface area contributed by atoms with E-state index in [1.165, 1.54) is 30.9 Å². The molecule has 256 valence electrons. The summed E-state index contributed by atoms with van der Waals surface area (Å²) in [7, 11) is -0.382. The van der Waals surface area contributed by atoms with Crippen LogP contribution in [0, 0.1) is 5.92 Å². The molecule has 0 aromatic heterocycles. The van der Waals surface area contributed by atoms with Gasteiger partial charge in [0.25, 0.3) is 15.9 Å². The summed E-state index contributed by atoms with van der Waals surface area (Å²) in [5.41, 5.74) is 1.65. The van der Waals surface area contributed by atoms with Crippen LogP contribution in [0.1, 0.15) is 56.0 Å². The van der Waals surface area contributed by atoms with E-state index in [0.29, 0.717) is 31.2 Å². The molecule has 0 fully saturated rings. The number of carbonyl (C=O) groups is 1. The second kappa shape index (κ2) is 17.0. The molecule has 0 bridgehead atoms. The third-order valence-electron chi connectivity index (χ3n) is 8.46. The van der Waals surface area contributed by atoms with Gasteiger partial charge >= 0.3 is 0 Å². The minimum absolute atomic E-state index is 0.0576. The molecule has 10 nitrogen and oxygen atoms in total. The molecule has 1 amide bonds. The van der Waals surface area contributed by atoms with Gasteiger partial charge in [-0.1, -0.05) is 37.3 Å². The molecule has 4 rings (SSSR count). The standard InChI is InChI=1S/C36H49N3O7S/c1-26-22-39(27(2)25-40)36(41)33-21-30(37-47(42,43)32-17-15-31(44-5)16-18-32)14-19-34(33)46-28(3)11-9-10-20-45-35(26)24-38(4)23-29-12-7-6-8-13-29/h6-8,12-19,21,26-28,35,37,40H,9-11,20,22-25H2,1-5H3/t26-,27+,28-,35-/m1/s1. The lowest BCUT2D eigenvalue weighted by molar-refractivity contribution is -0.0177. The smallest absolute Gasteiger partial charge is 0.261 e.